The quantitative estimate of drug-likeness (QED) is 0.909. The molecule has 0 aromatic heterocycles. The average molecular weight is 283 g/mol. The first-order valence-electron chi connectivity index (χ1n) is 7.41. The second-order valence-corrected chi connectivity index (χ2v) is 4.71. The molecule has 1 N–H and O–H groups in total. The highest BCUT2D eigenvalue weighted by Gasteiger charge is 2.39. The monoisotopic (exact) mass is 283 g/mol. The summed E-state index contributed by atoms with van der Waals surface area (Å²) in [6.45, 7) is 4.00. The van der Waals surface area contributed by atoms with Gasteiger partial charge in [-0.05, 0) is 24.1 Å². The Labute approximate surface area is 126 Å². The van der Waals surface area contributed by atoms with E-state index in [1.54, 1.807) is 12.1 Å². The largest absolute Gasteiger partial charge is 0.412 e. The van der Waals surface area contributed by atoms with Crippen molar-refractivity contribution < 1.29 is 9.53 Å². The van der Waals surface area contributed by atoms with Crippen LogP contribution in [0.2, 0.25) is 0 Å². The zero-order valence-electron chi connectivity index (χ0n) is 12.5. The lowest BCUT2D eigenvalue weighted by molar-refractivity contribution is 0.200. The minimum atomic E-state index is -0.380. The molecule has 0 aliphatic heterocycles. The van der Waals surface area contributed by atoms with Gasteiger partial charge in [-0.2, -0.15) is 0 Å². The third kappa shape index (κ3) is 4.35. The van der Waals surface area contributed by atoms with Crippen LogP contribution in [0.1, 0.15) is 31.7 Å². The van der Waals surface area contributed by atoms with E-state index in [0.29, 0.717) is 11.7 Å². The van der Waals surface area contributed by atoms with E-state index in [9.17, 15) is 4.79 Å². The van der Waals surface area contributed by atoms with E-state index >= 15 is 0 Å². The highest BCUT2D eigenvalue weighted by atomic mass is 16.6. The number of rotatable bonds is 3. The van der Waals surface area contributed by atoms with Gasteiger partial charge in [0.2, 0.25) is 0 Å². The first kappa shape index (κ1) is 15.1. The van der Waals surface area contributed by atoms with Gasteiger partial charge in [0.25, 0.3) is 0 Å². The second-order valence-electron chi connectivity index (χ2n) is 4.71. The van der Waals surface area contributed by atoms with Crippen molar-refractivity contribution in [3.63, 3.8) is 0 Å². The van der Waals surface area contributed by atoms with Gasteiger partial charge in [-0.1, -0.05) is 62.4 Å². The summed E-state index contributed by atoms with van der Waals surface area (Å²) in [7, 11) is 0. The van der Waals surface area contributed by atoms with E-state index in [2.05, 4.69) is 17.4 Å². The minimum absolute atomic E-state index is 0.193. The van der Waals surface area contributed by atoms with Crippen molar-refractivity contribution in [2.45, 2.75) is 32.2 Å². The molecule has 110 valence electrons. The third-order valence-electron chi connectivity index (χ3n) is 3.28. The molecule has 0 bridgehead atoms. The standard InChI is InChI=1S/C16H15NO2.C2H6/c18-16(19-13-9-5-2-6-10-13)17-15-11-14(15)12-7-3-1-4-8-12;1-2/h1-10,14-15H,11H2,(H,17,18);1-2H3. The van der Waals surface area contributed by atoms with E-state index in [1.165, 1.54) is 5.56 Å². The number of para-hydroxylation sites is 1. The zero-order chi connectivity index (χ0) is 15.1. The molecule has 1 amide bonds. The predicted molar refractivity (Wildman–Crippen MR) is 84.5 cm³/mol. The lowest BCUT2D eigenvalue weighted by atomic mass is 10.1. The van der Waals surface area contributed by atoms with E-state index < -0.39 is 0 Å². The summed E-state index contributed by atoms with van der Waals surface area (Å²) in [6.07, 6.45) is 0.600. The topological polar surface area (TPSA) is 38.3 Å². The second kappa shape index (κ2) is 7.48. The highest BCUT2D eigenvalue weighted by Crippen LogP contribution is 2.40. The lowest BCUT2D eigenvalue weighted by Crippen LogP contribution is -2.29. The van der Waals surface area contributed by atoms with Crippen molar-refractivity contribution in [2.24, 2.45) is 0 Å². The van der Waals surface area contributed by atoms with Crippen LogP contribution >= 0.6 is 0 Å². The summed E-state index contributed by atoms with van der Waals surface area (Å²) in [4.78, 5) is 11.7. The Morgan fingerprint density at radius 3 is 2.19 bits per heavy atom. The van der Waals surface area contributed by atoms with Gasteiger partial charge in [-0.25, -0.2) is 4.79 Å². The van der Waals surface area contributed by atoms with Gasteiger partial charge in [-0.15, -0.1) is 0 Å². The van der Waals surface area contributed by atoms with Crippen molar-refractivity contribution in [2.75, 3.05) is 0 Å². The van der Waals surface area contributed by atoms with Crippen LogP contribution < -0.4 is 10.1 Å². The Kier molecular flexibility index (Phi) is 5.38. The normalized spacial score (nSPS) is 19.0. The summed E-state index contributed by atoms with van der Waals surface area (Å²) in [6, 6.07) is 19.5. The maximum Gasteiger partial charge on any atom is 0.412 e. The Bertz CT molecular complexity index is 554. The molecule has 1 fully saturated rings. The van der Waals surface area contributed by atoms with E-state index in [4.69, 9.17) is 4.74 Å². The van der Waals surface area contributed by atoms with Crippen LogP contribution in [0.4, 0.5) is 4.79 Å². The number of carbonyl (C=O) groups excluding carboxylic acids is 1. The predicted octanol–water partition coefficient (Wildman–Crippen LogP) is 4.36. The van der Waals surface area contributed by atoms with Crippen LogP contribution in [-0.2, 0) is 0 Å². The number of hydrogen-bond donors (Lipinski definition) is 1. The first-order valence-corrected chi connectivity index (χ1v) is 7.41. The molecule has 0 radical (unpaired) electrons. The number of amides is 1. The summed E-state index contributed by atoms with van der Waals surface area (Å²) in [5, 5.41) is 2.89. The van der Waals surface area contributed by atoms with Gasteiger partial charge in [0.1, 0.15) is 5.75 Å². The molecule has 2 atom stereocenters. The van der Waals surface area contributed by atoms with E-state index in [-0.39, 0.29) is 12.1 Å². The molecule has 2 aromatic carbocycles. The van der Waals surface area contributed by atoms with Crippen LogP contribution in [0.25, 0.3) is 0 Å². The fraction of sp³-hybridized carbons (Fsp3) is 0.278. The average Bonchev–Trinajstić information content (AvgIpc) is 3.30. The molecule has 2 unspecified atom stereocenters. The fourth-order valence-corrected chi connectivity index (χ4v) is 2.20. The Morgan fingerprint density at radius 2 is 1.57 bits per heavy atom. The van der Waals surface area contributed by atoms with E-state index in [1.807, 2.05) is 50.2 Å². The lowest BCUT2D eigenvalue weighted by Gasteiger charge is -2.06. The molecule has 3 heteroatoms. The molecular formula is C18H21NO2. The van der Waals surface area contributed by atoms with Crippen LogP contribution in [0, 0.1) is 0 Å². The number of ether oxygens (including phenoxy) is 1. The molecule has 21 heavy (non-hydrogen) atoms. The fourth-order valence-electron chi connectivity index (χ4n) is 2.20. The number of hydrogen-bond acceptors (Lipinski definition) is 2. The minimum Gasteiger partial charge on any atom is -0.410 e. The molecule has 3 rings (SSSR count). The van der Waals surface area contributed by atoms with Crippen LogP contribution in [0.5, 0.6) is 5.75 Å². The molecule has 0 heterocycles. The molecule has 0 saturated heterocycles. The number of nitrogens with one attached hydrogen (secondary N) is 1. The van der Waals surface area contributed by atoms with Gasteiger partial charge in [0.05, 0.1) is 0 Å². The first-order chi connectivity index (χ1) is 10.3. The highest BCUT2D eigenvalue weighted by molar-refractivity contribution is 5.71. The number of carbonyl (C=O) groups is 1. The van der Waals surface area contributed by atoms with Gasteiger partial charge in [0.15, 0.2) is 0 Å². The Balaban J connectivity index is 0.000000774. The molecule has 2 aromatic rings. The Morgan fingerprint density at radius 1 is 1.00 bits per heavy atom. The summed E-state index contributed by atoms with van der Waals surface area (Å²) in [5.41, 5.74) is 1.27. The van der Waals surface area contributed by atoms with Gasteiger partial charge < -0.3 is 10.1 Å². The number of benzene rings is 2. The van der Waals surface area contributed by atoms with Crippen LogP contribution in [-0.4, -0.2) is 12.1 Å². The van der Waals surface area contributed by atoms with Gasteiger partial charge >= 0.3 is 6.09 Å². The zero-order valence-corrected chi connectivity index (χ0v) is 12.5. The molecule has 1 aliphatic rings. The summed E-state index contributed by atoms with van der Waals surface area (Å²) < 4.78 is 5.20. The van der Waals surface area contributed by atoms with Crippen molar-refractivity contribution in [1.82, 2.24) is 5.32 Å². The van der Waals surface area contributed by atoms with Gasteiger partial charge in [-0.3, -0.25) is 0 Å². The van der Waals surface area contributed by atoms with Gasteiger partial charge in [0, 0.05) is 12.0 Å². The summed E-state index contributed by atoms with van der Waals surface area (Å²) in [5.74, 6) is 0.987. The molecule has 1 aliphatic carbocycles. The van der Waals surface area contributed by atoms with Crippen molar-refractivity contribution in [1.29, 1.82) is 0 Å². The molecule has 3 nitrogen and oxygen atoms in total. The third-order valence-corrected chi connectivity index (χ3v) is 3.28. The molecule has 1 saturated carbocycles. The Hall–Kier alpha value is -2.29. The maximum atomic E-state index is 11.7. The van der Waals surface area contributed by atoms with Crippen molar-refractivity contribution in [3.8, 4) is 5.75 Å². The van der Waals surface area contributed by atoms with Crippen molar-refractivity contribution in [3.05, 3.63) is 66.2 Å². The maximum absolute atomic E-state index is 11.7. The van der Waals surface area contributed by atoms with Crippen LogP contribution in [0.15, 0.2) is 60.7 Å². The van der Waals surface area contributed by atoms with E-state index in [0.717, 1.165) is 6.42 Å². The smallest absolute Gasteiger partial charge is 0.410 e. The van der Waals surface area contributed by atoms with Crippen LogP contribution in [0.3, 0.4) is 0 Å². The molecular weight excluding hydrogens is 262 g/mol. The molecule has 0 spiro atoms. The van der Waals surface area contributed by atoms with Crippen molar-refractivity contribution >= 4 is 6.09 Å². The summed E-state index contributed by atoms with van der Waals surface area (Å²) >= 11 is 0. The SMILES string of the molecule is CC.O=C(NC1CC1c1ccccc1)Oc1ccccc1.